The van der Waals surface area contributed by atoms with Gasteiger partial charge in [-0.3, -0.25) is 9.89 Å². The van der Waals surface area contributed by atoms with Crippen LogP contribution in [0.15, 0.2) is 60.9 Å². The minimum Gasteiger partial charge on any atom is -0.497 e. The van der Waals surface area contributed by atoms with Gasteiger partial charge in [0.1, 0.15) is 11.5 Å². The summed E-state index contributed by atoms with van der Waals surface area (Å²) in [5.74, 6) is 1.21. The number of rotatable bonds is 6. The van der Waals surface area contributed by atoms with Crippen LogP contribution in [-0.4, -0.2) is 30.3 Å². The van der Waals surface area contributed by atoms with Gasteiger partial charge in [-0.25, -0.2) is 0 Å². The highest BCUT2D eigenvalue weighted by molar-refractivity contribution is 6.02. The molecule has 0 aliphatic heterocycles. The molecule has 0 aliphatic rings. The highest BCUT2D eigenvalue weighted by Crippen LogP contribution is 2.31. The Morgan fingerprint density at radius 3 is 2.58 bits per heavy atom. The largest absolute Gasteiger partial charge is 0.497 e. The predicted molar refractivity (Wildman–Crippen MR) is 101 cm³/mol. The van der Waals surface area contributed by atoms with Gasteiger partial charge in [0, 0.05) is 35.2 Å². The Morgan fingerprint density at radius 2 is 1.92 bits per heavy atom. The molecule has 0 fully saturated rings. The maximum Gasteiger partial charge on any atom is 0.248 e. The van der Waals surface area contributed by atoms with Crippen LogP contribution >= 0.6 is 0 Å². The minimum absolute atomic E-state index is 0.223. The van der Waals surface area contributed by atoms with Crippen LogP contribution in [-0.2, 0) is 4.79 Å². The van der Waals surface area contributed by atoms with Crippen molar-refractivity contribution in [2.24, 2.45) is 0 Å². The van der Waals surface area contributed by atoms with E-state index in [2.05, 4.69) is 15.5 Å². The monoisotopic (exact) mass is 349 g/mol. The zero-order chi connectivity index (χ0) is 18.4. The molecule has 6 heteroatoms. The Hall–Kier alpha value is -3.54. The van der Waals surface area contributed by atoms with E-state index in [9.17, 15) is 4.79 Å². The SMILES string of the molecule is COc1ccc(/C=C/C(=O)Nc2ccc(-c3cn[nH]c3)c(OC)c2)cc1. The number of methoxy groups -OCH3 is 2. The summed E-state index contributed by atoms with van der Waals surface area (Å²) in [6.45, 7) is 0. The Labute approximate surface area is 151 Å². The van der Waals surface area contributed by atoms with Crippen molar-refractivity contribution in [3.8, 4) is 22.6 Å². The second-order valence-corrected chi connectivity index (χ2v) is 5.50. The molecular weight excluding hydrogens is 330 g/mol. The third-order valence-corrected chi connectivity index (χ3v) is 3.82. The predicted octanol–water partition coefficient (Wildman–Crippen LogP) is 3.75. The maximum absolute atomic E-state index is 12.1. The second-order valence-electron chi connectivity index (χ2n) is 5.50. The summed E-state index contributed by atoms with van der Waals surface area (Å²) >= 11 is 0. The third kappa shape index (κ3) is 4.10. The quantitative estimate of drug-likeness (QED) is 0.665. The number of aromatic nitrogens is 2. The maximum atomic E-state index is 12.1. The van der Waals surface area contributed by atoms with Gasteiger partial charge < -0.3 is 14.8 Å². The van der Waals surface area contributed by atoms with Crippen LogP contribution in [0.1, 0.15) is 5.56 Å². The van der Waals surface area contributed by atoms with Gasteiger partial charge >= 0.3 is 0 Å². The van der Waals surface area contributed by atoms with Crippen LogP contribution in [0.5, 0.6) is 11.5 Å². The molecule has 0 atom stereocenters. The third-order valence-electron chi connectivity index (χ3n) is 3.82. The number of nitrogens with one attached hydrogen (secondary N) is 2. The average Bonchev–Trinajstić information content (AvgIpc) is 3.21. The molecule has 0 saturated heterocycles. The molecule has 132 valence electrons. The number of carbonyl (C=O) groups excluding carboxylic acids is 1. The van der Waals surface area contributed by atoms with E-state index in [1.54, 1.807) is 38.8 Å². The number of ether oxygens (including phenoxy) is 2. The number of benzene rings is 2. The summed E-state index contributed by atoms with van der Waals surface area (Å²) in [6.07, 6.45) is 6.73. The lowest BCUT2D eigenvalue weighted by molar-refractivity contribution is -0.111. The lowest BCUT2D eigenvalue weighted by atomic mass is 10.1. The molecule has 1 aromatic heterocycles. The summed E-state index contributed by atoms with van der Waals surface area (Å²) in [7, 11) is 3.21. The molecular formula is C20H19N3O3. The van der Waals surface area contributed by atoms with Gasteiger partial charge in [0.05, 0.1) is 20.4 Å². The first-order valence-corrected chi connectivity index (χ1v) is 8.00. The van der Waals surface area contributed by atoms with Gasteiger partial charge in [-0.2, -0.15) is 5.10 Å². The normalized spacial score (nSPS) is 10.7. The number of hydrogen-bond acceptors (Lipinski definition) is 4. The average molecular weight is 349 g/mol. The van der Waals surface area contributed by atoms with Crippen molar-refractivity contribution in [1.82, 2.24) is 10.2 Å². The zero-order valence-corrected chi connectivity index (χ0v) is 14.5. The standard InChI is InChI=1S/C20H19N3O3/c1-25-17-7-3-14(4-8-17)5-10-20(24)23-16-6-9-18(19(11-16)26-2)15-12-21-22-13-15/h3-13H,1-2H3,(H,21,22)(H,23,24)/b10-5+. The molecule has 0 saturated carbocycles. The Kier molecular flexibility index (Phi) is 5.34. The molecule has 6 nitrogen and oxygen atoms in total. The molecule has 2 aromatic carbocycles. The summed E-state index contributed by atoms with van der Waals surface area (Å²) in [5.41, 5.74) is 3.37. The smallest absolute Gasteiger partial charge is 0.248 e. The highest BCUT2D eigenvalue weighted by Gasteiger charge is 2.09. The van der Waals surface area contributed by atoms with Crippen LogP contribution < -0.4 is 14.8 Å². The van der Waals surface area contributed by atoms with E-state index in [0.29, 0.717) is 11.4 Å². The molecule has 3 rings (SSSR count). The molecule has 26 heavy (non-hydrogen) atoms. The van der Waals surface area contributed by atoms with Crippen LogP contribution in [0.2, 0.25) is 0 Å². The minimum atomic E-state index is -0.223. The van der Waals surface area contributed by atoms with Crippen molar-refractivity contribution in [2.45, 2.75) is 0 Å². The fraction of sp³-hybridized carbons (Fsp3) is 0.100. The number of H-pyrrole nitrogens is 1. The van der Waals surface area contributed by atoms with E-state index in [1.165, 1.54) is 6.08 Å². The molecule has 0 bridgehead atoms. The van der Waals surface area contributed by atoms with Crippen LogP contribution in [0.3, 0.4) is 0 Å². The van der Waals surface area contributed by atoms with E-state index in [4.69, 9.17) is 9.47 Å². The molecule has 1 amide bonds. The lowest BCUT2D eigenvalue weighted by Gasteiger charge is -2.10. The van der Waals surface area contributed by atoms with Crippen molar-refractivity contribution < 1.29 is 14.3 Å². The van der Waals surface area contributed by atoms with Crippen LogP contribution in [0.4, 0.5) is 5.69 Å². The molecule has 2 N–H and O–H groups in total. The number of amides is 1. The van der Waals surface area contributed by atoms with Crippen molar-refractivity contribution in [3.63, 3.8) is 0 Å². The molecule has 0 aliphatic carbocycles. The number of hydrogen-bond donors (Lipinski definition) is 2. The van der Waals surface area contributed by atoms with Gasteiger partial charge in [0.15, 0.2) is 0 Å². The summed E-state index contributed by atoms with van der Waals surface area (Å²) in [5, 5.41) is 9.54. The van der Waals surface area contributed by atoms with E-state index in [-0.39, 0.29) is 5.91 Å². The van der Waals surface area contributed by atoms with E-state index < -0.39 is 0 Å². The number of aromatic amines is 1. The van der Waals surface area contributed by atoms with E-state index >= 15 is 0 Å². The molecule has 0 unspecified atom stereocenters. The highest BCUT2D eigenvalue weighted by atomic mass is 16.5. The van der Waals surface area contributed by atoms with Gasteiger partial charge in [-0.1, -0.05) is 12.1 Å². The second kappa shape index (κ2) is 8.02. The van der Waals surface area contributed by atoms with E-state index in [0.717, 1.165) is 22.4 Å². The van der Waals surface area contributed by atoms with E-state index in [1.807, 2.05) is 36.4 Å². The van der Waals surface area contributed by atoms with Crippen molar-refractivity contribution in [3.05, 3.63) is 66.5 Å². The Bertz CT molecular complexity index is 901. The number of anilines is 1. The van der Waals surface area contributed by atoms with Crippen LogP contribution in [0, 0.1) is 0 Å². The van der Waals surface area contributed by atoms with Crippen molar-refractivity contribution in [1.29, 1.82) is 0 Å². The van der Waals surface area contributed by atoms with Gasteiger partial charge in [0.25, 0.3) is 0 Å². The first-order chi connectivity index (χ1) is 12.7. The topological polar surface area (TPSA) is 76.2 Å². The number of carbonyl (C=O) groups is 1. The van der Waals surface area contributed by atoms with Gasteiger partial charge in [-0.15, -0.1) is 0 Å². The first-order valence-electron chi connectivity index (χ1n) is 8.00. The molecule has 3 aromatic rings. The van der Waals surface area contributed by atoms with Crippen LogP contribution in [0.25, 0.3) is 17.2 Å². The fourth-order valence-corrected chi connectivity index (χ4v) is 2.48. The van der Waals surface area contributed by atoms with Crippen molar-refractivity contribution in [2.75, 3.05) is 19.5 Å². The Balaban J connectivity index is 1.69. The number of nitrogens with zero attached hydrogens (tertiary/aromatic N) is 1. The summed E-state index contributed by atoms with van der Waals surface area (Å²) in [4.78, 5) is 12.1. The van der Waals surface area contributed by atoms with Gasteiger partial charge in [-0.05, 0) is 35.9 Å². The zero-order valence-electron chi connectivity index (χ0n) is 14.5. The molecule has 0 spiro atoms. The Morgan fingerprint density at radius 1 is 1.12 bits per heavy atom. The first kappa shape index (κ1) is 17.3. The van der Waals surface area contributed by atoms with Crippen molar-refractivity contribution >= 4 is 17.7 Å². The fourth-order valence-electron chi connectivity index (χ4n) is 2.48. The van der Waals surface area contributed by atoms with Gasteiger partial charge in [0.2, 0.25) is 5.91 Å². The summed E-state index contributed by atoms with van der Waals surface area (Å²) < 4.78 is 10.5. The lowest BCUT2D eigenvalue weighted by Crippen LogP contribution is -2.07. The molecule has 1 heterocycles. The molecule has 0 radical (unpaired) electrons. The summed E-state index contributed by atoms with van der Waals surface area (Å²) in [6, 6.07) is 12.9.